The first-order chi connectivity index (χ1) is 14.9. The van der Waals surface area contributed by atoms with E-state index in [1.807, 2.05) is 0 Å². The van der Waals surface area contributed by atoms with Crippen LogP contribution in [0.4, 0.5) is 0 Å². The van der Waals surface area contributed by atoms with Crippen molar-refractivity contribution in [3.8, 4) is 0 Å². The maximum atomic E-state index is 6.67. The smallest absolute Gasteiger partial charge is 0.244 e. The van der Waals surface area contributed by atoms with Crippen LogP contribution in [0.15, 0.2) is 28.4 Å². The van der Waals surface area contributed by atoms with Gasteiger partial charge >= 0.3 is 0 Å². The van der Waals surface area contributed by atoms with Gasteiger partial charge in [-0.05, 0) is 68.5 Å². The van der Waals surface area contributed by atoms with Crippen molar-refractivity contribution in [3.05, 3.63) is 34.9 Å². The fourth-order valence-corrected chi connectivity index (χ4v) is 13.9. The van der Waals surface area contributed by atoms with Gasteiger partial charge in [0.05, 0.1) is 0 Å². The van der Waals surface area contributed by atoms with E-state index in [0.717, 1.165) is 11.1 Å². The van der Waals surface area contributed by atoms with Crippen LogP contribution in [-0.4, -0.2) is 49.2 Å². The second kappa shape index (κ2) is 10.3. The summed E-state index contributed by atoms with van der Waals surface area (Å²) in [6.07, 6.45) is 0. The Labute approximate surface area is 213 Å². The first kappa shape index (κ1) is 30.7. The van der Waals surface area contributed by atoms with Crippen LogP contribution in [0.3, 0.4) is 0 Å². The average Bonchev–Trinajstić information content (AvgIpc) is 2.58. The number of hydrogen-bond donors (Lipinski definition) is 1. The number of rotatable bonds is 7. The molecule has 6 nitrogen and oxygen atoms in total. The summed E-state index contributed by atoms with van der Waals surface area (Å²) < 4.78 is 15.3. The Morgan fingerprint density at radius 3 is 1.41 bits per heavy atom. The first-order valence-corrected chi connectivity index (χ1v) is 25.9. The molecule has 0 saturated carbocycles. The van der Waals surface area contributed by atoms with E-state index >= 15 is 0 Å². The molecule has 0 unspecified atom stereocenters. The maximum absolute atomic E-state index is 6.67. The largest absolute Gasteiger partial charge is 0.530 e. The van der Waals surface area contributed by atoms with Crippen molar-refractivity contribution in [2.75, 3.05) is 0 Å². The van der Waals surface area contributed by atoms with E-state index < -0.39 is 33.1 Å². The summed E-state index contributed by atoms with van der Waals surface area (Å²) in [4.78, 5) is 0. The molecule has 0 atom stereocenters. The zero-order chi connectivity index (χ0) is 26.9. The van der Waals surface area contributed by atoms with Gasteiger partial charge < -0.3 is 19.0 Å². The highest BCUT2D eigenvalue weighted by Gasteiger charge is 2.35. The fraction of sp³-hybridized carbons (Fsp3) is 0.667. The molecule has 0 aliphatic heterocycles. The van der Waals surface area contributed by atoms with Crippen LogP contribution in [0, 0.1) is 0 Å². The molecular weight excluding hydrogens is 489 g/mol. The second-order valence-corrected chi connectivity index (χ2v) is 32.8. The van der Waals surface area contributed by atoms with Crippen molar-refractivity contribution in [2.45, 2.75) is 105 Å². The summed E-state index contributed by atoms with van der Waals surface area (Å²) in [5.41, 5.74) is 2.91. The minimum atomic E-state index is -1.95. The minimum absolute atomic E-state index is 0.0782. The average molecular weight is 539 g/mol. The second-order valence-electron chi connectivity index (χ2n) is 14.0. The number of nitrogens with zero attached hydrogens (tertiary/aromatic N) is 3. The summed E-state index contributed by atoms with van der Waals surface area (Å²) in [5.74, 6) is 7.00. The molecule has 0 fully saturated rings. The predicted molar refractivity (Wildman–Crippen MR) is 160 cm³/mol. The number of hydrogen-bond acceptors (Lipinski definition) is 6. The van der Waals surface area contributed by atoms with Crippen molar-refractivity contribution in [2.24, 2.45) is 16.0 Å². The van der Waals surface area contributed by atoms with Crippen molar-refractivity contribution >= 4 is 44.9 Å². The van der Waals surface area contributed by atoms with Gasteiger partial charge in [0.1, 0.15) is 0 Å². The van der Waals surface area contributed by atoms with E-state index in [1.165, 1.54) is 5.56 Å². The Morgan fingerprint density at radius 1 is 0.706 bits per heavy atom. The van der Waals surface area contributed by atoms with Gasteiger partial charge in [-0.3, -0.25) is 0 Å². The predicted octanol–water partition coefficient (Wildman–Crippen LogP) is 6.94. The Balaban J connectivity index is 3.94. The lowest BCUT2D eigenvalue weighted by molar-refractivity contribution is 0.523. The van der Waals surface area contributed by atoms with E-state index in [2.05, 4.69) is 127 Å². The van der Waals surface area contributed by atoms with Crippen LogP contribution in [-0.2, 0) is 14.3 Å². The van der Waals surface area contributed by atoms with Gasteiger partial charge in [-0.25, -0.2) is 0 Å². The molecule has 10 heteroatoms. The summed E-state index contributed by atoms with van der Waals surface area (Å²) in [6.45, 7) is 33.7. The van der Waals surface area contributed by atoms with Gasteiger partial charge in [0, 0.05) is 11.1 Å². The zero-order valence-electron chi connectivity index (χ0n) is 24.5. The molecule has 0 aromatic heterocycles. The molecule has 0 saturated heterocycles. The highest BCUT2D eigenvalue weighted by atomic mass is 28.4. The van der Waals surface area contributed by atoms with Crippen LogP contribution in [0.5, 0.6) is 0 Å². The third-order valence-corrected chi connectivity index (χ3v) is 13.1. The Bertz CT molecular complexity index is 899. The molecular formula is C24H50N4O2Si4. The van der Waals surface area contributed by atoms with Crippen LogP contribution in [0.25, 0.3) is 0 Å². The molecule has 0 bridgehead atoms. The molecule has 0 amide bonds. The molecule has 0 radical (unpaired) electrons. The van der Waals surface area contributed by atoms with Gasteiger partial charge in [0.25, 0.3) is 0 Å². The van der Waals surface area contributed by atoms with E-state index in [-0.39, 0.29) is 5.41 Å². The Morgan fingerprint density at radius 2 is 1.09 bits per heavy atom. The Hall–Kier alpha value is -1.37. The summed E-state index contributed by atoms with van der Waals surface area (Å²) in [7, 11) is -7.33. The maximum Gasteiger partial charge on any atom is 0.244 e. The monoisotopic (exact) mass is 538 g/mol. The lowest BCUT2D eigenvalue weighted by Crippen LogP contribution is -2.56. The third kappa shape index (κ3) is 9.71. The van der Waals surface area contributed by atoms with Crippen LogP contribution < -0.4 is 5.84 Å². The Kier molecular flexibility index (Phi) is 9.30. The summed E-state index contributed by atoms with van der Waals surface area (Å²) >= 11 is 0. The molecule has 1 aromatic rings. The standard InChI is InChI=1S/C24H50N4O2Si4/c1-24(2,3)21-17-19(22(26-25)29-33(10,11)12)16-20(18-21)23(30-34(13,14)15)27-28(31(4,5)6)32(7,8)9/h16-18H,25H2,1-15H3. The number of hydrazone groups is 2. The molecule has 0 spiro atoms. The highest BCUT2D eigenvalue weighted by Crippen LogP contribution is 2.28. The van der Waals surface area contributed by atoms with Crippen LogP contribution in [0.1, 0.15) is 37.5 Å². The SMILES string of the molecule is CC(C)(C)c1cc(C(=NN)O[Si](C)(C)C)cc(C(=NN([Si](C)(C)C)[Si](C)(C)C)O[Si](C)(C)C)c1. The molecule has 1 aromatic carbocycles. The van der Waals surface area contributed by atoms with E-state index in [0.29, 0.717) is 11.8 Å². The molecule has 0 aliphatic rings. The van der Waals surface area contributed by atoms with Gasteiger partial charge in [-0.2, -0.15) is 5.10 Å². The molecule has 2 N–H and O–H groups in total. The van der Waals surface area contributed by atoms with Gasteiger partial charge in [-0.1, -0.05) is 60.1 Å². The van der Waals surface area contributed by atoms with E-state index in [1.54, 1.807) is 0 Å². The highest BCUT2D eigenvalue weighted by molar-refractivity contribution is 6.89. The van der Waals surface area contributed by atoms with E-state index in [4.69, 9.17) is 19.8 Å². The zero-order valence-corrected chi connectivity index (χ0v) is 28.5. The number of benzene rings is 1. The molecule has 1 rings (SSSR count). The molecule has 34 heavy (non-hydrogen) atoms. The summed E-state index contributed by atoms with van der Waals surface area (Å²) in [6, 6.07) is 6.42. The lowest BCUT2D eigenvalue weighted by atomic mass is 9.85. The summed E-state index contributed by atoms with van der Waals surface area (Å²) in [5, 5.41) is 9.32. The third-order valence-electron chi connectivity index (χ3n) is 4.68. The topological polar surface area (TPSA) is 72.4 Å². The van der Waals surface area contributed by atoms with Crippen LogP contribution in [0.2, 0.25) is 78.6 Å². The first-order valence-electron chi connectivity index (χ1n) is 12.2. The van der Waals surface area contributed by atoms with Gasteiger partial charge in [-0.15, -0.1) is 5.10 Å². The van der Waals surface area contributed by atoms with Gasteiger partial charge in [0.2, 0.25) is 28.4 Å². The molecule has 194 valence electrons. The van der Waals surface area contributed by atoms with Crippen molar-refractivity contribution in [1.82, 2.24) is 4.34 Å². The fourth-order valence-electron chi connectivity index (χ4n) is 3.58. The molecule has 0 aliphatic carbocycles. The quantitative estimate of drug-likeness (QED) is 0.134. The normalized spacial score (nSPS) is 14.8. The lowest BCUT2D eigenvalue weighted by Gasteiger charge is -2.42. The van der Waals surface area contributed by atoms with Crippen molar-refractivity contribution < 1.29 is 8.85 Å². The van der Waals surface area contributed by atoms with Crippen molar-refractivity contribution in [1.29, 1.82) is 0 Å². The van der Waals surface area contributed by atoms with E-state index in [9.17, 15) is 0 Å². The van der Waals surface area contributed by atoms with Crippen molar-refractivity contribution in [3.63, 3.8) is 0 Å². The number of nitrogens with two attached hydrogens (primary N) is 1. The van der Waals surface area contributed by atoms with Gasteiger partial charge in [0.15, 0.2) is 16.5 Å². The molecule has 0 heterocycles. The minimum Gasteiger partial charge on any atom is -0.530 e. The van der Waals surface area contributed by atoms with Crippen LogP contribution >= 0.6 is 0 Å².